The van der Waals surface area contributed by atoms with Crippen LogP contribution in [-0.2, 0) is 11.0 Å². The van der Waals surface area contributed by atoms with Gasteiger partial charge in [-0.25, -0.2) is 23.4 Å². The van der Waals surface area contributed by atoms with E-state index in [-0.39, 0.29) is 25.2 Å². The second-order valence-electron chi connectivity index (χ2n) is 6.65. The van der Waals surface area contributed by atoms with Gasteiger partial charge in [-0.2, -0.15) is 13.2 Å². The standard InChI is InChI=1S/C20H15ClF4N4O3S2/c21-11-8-12(22)13(28-17(31)10-16(20(23,24)25)29(26)19(28)32)9-15(11)34-14-4-3-5-27-18(14)33-7-2-1-6-30/h3-6,8-10H,1-2,7,26H2. The summed E-state index contributed by atoms with van der Waals surface area (Å²) < 4.78 is 53.8. The second kappa shape index (κ2) is 10.7. The van der Waals surface area contributed by atoms with Crippen LogP contribution in [0.15, 0.2) is 60.9 Å². The van der Waals surface area contributed by atoms with Crippen molar-refractivity contribution in [1.82, 2.24) is 14.2 Å². The molecule has 0 radical (unpaired) electrons. The van der Waals surface area contributed by atoms with Gasteiger partial charge in [0.25, 0.3) is 5.56 Å². The van der Waals surface area contributed by atoms with Gasteiger partial charge < -0.3 is 10.6 Å². The fraction of sp³-hybridized carbons (Fsp3) is 0.200. The Hall–Kier alpha value is -2.77. The van der Waals surface area contributed by atoms with E-state index >= 15 is 0 Å². The first kappa shape index (κ1) is 25.8. The van der Waals surface area contributed by atoms with E-state index in [4.69, 9.17) is 17.4 Å². The third kappa shape index (κ3) is 5.65. The van der Waals surface area contributed by atoms with E-state index in [1.807, 2.05) is 0 Å². The Morgan fingerprint density at radius 2 is 1.91 bits per heavy atom. The van der Waals surface area contributed by atoms with Gasteiger partial charge in [-0.3, -0.25) is 4.79 Å². The minimum atomic E-state index is -5.06. The van der Waals surface area contributed by atoms with Gasteiger partial charge in [0.05, 0.1) is 10.7 Å². The van der Waals surface area contributed by atoms with Gasteiger partial charge in [0.2, 0.25) is 0 Å². The number of carbonyl (C=O) groups is 1. The molecular weight excluding hydrogens is 520 g/mol. The molecule has 0 aliphatic carbocycles. The van der Waals surface area contributed by atoms with Gasteiger partial charge in [0.1, 0.15) is 17.1 Å². The molecule has 0 aliphatic heterocycles. The summed E-state index contributed by atoms with van der Waals surface area (Å²) in [6.45, 7) is 0. The van der Waals surface area contributed by atoms with E-state index in [2.05, 4.69) is 4.98 Å². The molecule has 0 amide bonds. The molecule has 0 spiro atoms. The van der Waals surface area contributed by atoms with Crippen molar-refractivity contribution >= 4 is 41.4 Å². The number of thioether (sulfide) groups is 1. The molecule has 3 rings (SSSR count). The van der Waals surface area contributed by atoms with Crippen LogP contribution in [0.3, 0.4) is 0 Å². The Morgan fingerprint density at radius 3 is 2.59 bits per heavy atom. The SMILES string of the molecule is Nn1c(C(F)(F)F)cc(=O)n(-c2cc(Sc3cccnc3SCCCC=O)c(Cl)cc2F)c1=O. The molecule has 1 aromatic carbocycles. The van der Waals surface area contributed by atoms with E-state index in [0.29, 0.717) is 28.5 Å². The highest BCUT2D eigenvalue weighted by Gasteiger charge is 2.36. The number of hydrogen-bond acceptors (Lipinski definition) is 7. The lowest BCUT2D eigenvalue weighted by atomic mass is 10.3. The number of carbonyl (C=O) groups excluding carboxylic acids is 1. The lowest BCUT2D eigenvalue weighted by Crippen LogP contribution is -2.45. The van der Waals surface area contributed by atoms with Crippen LogP contribution in [-0.4, -0.2) is 26.3 Å². The second-order valence-corrected chi connectivity index (χ2v) is 9.23. The molecule has 0 fully saturated rings. The maximum atomic E-state index is 14.7. The predicted molar refractivity (Wildman–Crippen MR) is 121 cm³/mol. The molecule has 7 nitrogen and oxygen atoms in total. The molecule has 14 heteroatoms. The zero-order chi connectivity index (χ0) is 25.0. The minimum Gasteiger partial charge on any atom is -0.335 e. The summed E-state index contributed by atoms with van der Waals surface area (Å²) in [5.41, 5.74) is -5.28. The average molecular weight is 535 g/mol. The first-order chi connectivity index (χ1) is 16.0. The molecule has 0 bridgehead atoms. The number of alkyl halides is 3. The molecule has 0 saturated heterocycles. The topological polar surface area (TPSA) is 100.0 Å². The number of unbranched alkanes of at least 4 members (excludes halogenated alkanes) is 1. The number of aldehydes is 1. The molecule has 2 N–H and O–H groups in total. The first-order valence-corrected chi connectivity index (χ1v) is 11.6. The van der Waals surface area contributed by atoms with Crippen LogP contribution < -0.4 is 17.1 Å². The summed E-state index contributed by atoms with van der Waals surface area (Å²) in [6, 6.07) is 5.40. The summed E-state index contributed by atoms with van der Waals surface area (Å²) in [5.74, 6) is 4.75. The third-order valence-electron chi connectivity index (χ3n) is 4.33. The fourth-order valence-electron chi connectivity index (χ4n) is 2.78. The summed E-state index contributed by atoms with van der Waals surface area (Å²) in [4.78, 5) is 40.4. The van der Waals surface area contributed by atoms with Crippen LogP contribution in [0.5, 0.6) is 0 Å². The van der Waals surface area contributed by atoms with Gasteiger partial charge in [-0.1, -0.05) is 23.4 Å². The highest BCUT2D eigenvalue weighted by molar-refractivity contribution is 8.02. The van der Waals surface area contributed by atoms with Crippen LogP contribution in [0, 0.1) is 5.82 Å². The quantitative estimate of drug-likeness (QED) is 0.152. The molecule has 0 saturated carbocycles. The maximum Gasteiger partial charge on any atom is 0.433 e. The van der Waals surface area contributed by atoms with Crippen LogP contribution >= 0.6 is 35.1 Å². The molecule has 2 heterocycles. The molecule has 3 aromatic rings. The Balaban J connectivity index is 2.05. The Bertz CT molecular complexity index is 1340. The fourth-order valence-corrected chi connectivity index (χ4v) is 5.05. The molecule has 180 valence electrons. The van der Waals surface area contributed by atoms with Gasteiger partial charge >= 0.3 is 11.9 Å². The zero-order valence-corrected chi connectivity index (χ0v) is 19.4. The van der Waals surface area contributed by atoms with Gasteiger partial charge in [0.15, 0.2) is 5.69 Å². The van der Waals surface area contributed by atoms with Gasteiger partial charge in [0, 0.05) is 28.5 Å². The van der Waals surface area contributed by atoms with Crippen molar-refractivity contribution in [3.63, 3.8) is 0 Å². The number of nitrogen functional groups attached to an aromatic ring is 1. The van der Waals surface area contributed by atoms with Crippen molar-refractivity contribution in [2.45, 2.75) is 33.8 Å². The first-order valence-electron chi connectivity index (χ1n) is 9.44. The number of halogens is 5. The Labute approximate surface area is 202 Å². The predicted octanol–water partition coefficient (Wildman–Crippen LogP) is 4.14. The summed E-state index contributed by atoms with van der Waals surface area (Å²) in [5, 5.41) is 0.552. The van der Waals surface area contributed by atoms with E-state index in [9.17, 15) is 31.9 Å². The van der Waals surface area contributed by atoms with Crippen molar-refractivity contribution in [2.24, 2.45) is 0 Å². The van der Waals surface area contributed by atoms with E-state index in [0.717, 1.165) is 30.2 Å². The smallest absolute Gasteiger partial charge is 0.335 e. The minimum absolute atomic E-state index is 0.0555. The average Bonchev–Trinajstić information content (AvgIpc) is 2.77. The van der Waals surface area contributed by atoms with Crippen molar-refractivity contribution in [2.75, 3.05) is 11.6 Å². The highest BCUT2D eigenvalue weighted by atomic mass is 35.5. The number of aromatic nitrogens is 3. The summed E-state index contributed by atoms with van der Waals surface area (Å²) in [6.07, 6.45) is -1.65. The van der Waals surface area contributed by atoms with Gasteiger partial charge in [-0.05, 0) is 36.4 Å². The van der Waals surface area contributed by atoms with Gasteiger partial charge in [-0.15, -0.1) is 11.8 Å². The number of hydrogen-bond donors (Lipinski definition) is 1. The van der Waals surface area contributed by atoms with E-state index < -0.39 is 34.6 Å². The third-order valence-corrected chi connectivity index (χ3v) is 7.08. The lowest BCUT2D eigenvalue weighted by Gasteiger charge is -2.15. The van der Waals surface area contributed by atoms with Crippen LogP contribution in [0.25, 0.3) is 5.69 Å². The number of pyridine rings is 1. The summed E-state index contributed by atoms with van der Waals surface area (Å²) in [7, 11) is 0. The molecule has 0 unspecified atom stereocenters. The normalized spacial score (nSPS) is 11.6. The number of benzene rings is 1. The van der Waals surface area contributed by atoms with Crippen LogP contribution in [0.1, 0.15) is 18.5 Å². The lowest BCUT2D eigenvalue weighted by molar-refractivity contribution is -0.143. The Morgan fingerprint density at radius 1 is 1.18 bits per heavy atom. The largest absolute Gasteiger partial charge is 0.433 e. The molecule has 0 aliphatic rings. The molecular formula is C20H15ClF4N4O3S2. The van der Waals surface area contributed by atoms with Crippen LogP contribution in [0.2, 0.25) is 5.02 Å². The Kier molecular flexibility index (Phi) is 8.10. The molecule has 2 aromatic heterocycles. The molecule has 34 heavy (non-hydrogen) atoms. The monoisotopic (exact) mass is 534 g/mol. The number of nitrogens with zero attached hydrogens (tertiary/aromatic N) is 3. The van der Waals surface area contributed by atoms with E-state index in [1.165, 1.54) is 11.8 Å². The highest BCUT2D eigenvalue weighted by Crippen LogP contribution is 2.39. The van der Waals surface area contributed by atoms with Crippen molar-refractivity contribution in [1.29, 1.82) is 0 Å². The number of nitrogens with two attached hydrogens (primary N) is 1. The van der Waals surface area contributed by atoms with E-state index in [1.54, 1.807) is 18.3 Å². The number of rotatable bonds is 8. The van der Waals surface area contributed by atoms with Crippen LogP contribution in [0.4, 0.5) is 17.6 Å². The molecule has 0 atom stereocenters. The summed E-state index contributed by atoms with van der Waals surface area (Å²) >= 11 is 8.61. The van der Waals surface area contributed by atoms with Crippen molar-refractivity contribution < 1.29 is 22.4 Å². The van der Waals surface area contributed by atoms with Crippen molar-refractivity contribution in [3.8, 4) is 5.69 Å². The van der Waals surface area contributed by atoms with Crippen molar-refractivity contribution in [3.05, 3.63) is 73.9 Å². The zero-order valence-electron chi connectivity index (χ0n) is 17.0. The maximum absolute atomic E-state index is 14.7.